The largest absolute Gasteiger partial charge is 0.397 e. The van der Waals surface area contributed by atoms with Gasteiger partial charge in [-0.25, -0.2) is 0 Å². The van der Waals surface area contributed by atoms with Crippen LogP contribution in [-0.4, -0.2) is 11.4 Å². The lowest BCUT2D eigenvalue weighted by atomic mass is 10.1. The van der Waals surface area contributed by atoms with Gasteiger partial charge in [0.25, 0.3) is 0 Å². The third-order valence-electron chi connectivity index (χ3n) is 1.84. The Balaban J connectivity index is 3.07. The molecule has 0 amide bonds. The summed E-state index contributed by atoms with van der Waals surface area (Å²) in [5.74, 6) is 0.481. The summed E-state index contributed by atoms with van der Waals surface area (Å²) in [6.07, 6.45) is 0. The van der Waals surface area contributed by atoms with Crippen molar-refractivity contribution < 1.29 is 0 Å². The molecule has 4 heteroatoms. The normalized spacial score (nSPS) is 12.9. The van der Waals surface area contributed by atoms with Crippen LogP contribution in [0.1, 0.15) is 26.3 Å². The topological polar surface area (TPSA) is 90.4 Å². The van der Waals surface area contributed by atoms with Crippen molar-refractivity contribution in [2.75, 3.05) is 11.5 Å². The number of nitrogens with zero attached hydrogens (tertiary/aromatic N) is 1. The minimum Gasteiger partial charge on any atom is -0.397 e. The Kier molecular flexibility index (Phi) is 2.88. The summed E-state index contributed by atoms with van der Waals surface area (Å²) in [6, 6.07) is 5.28. The van der Waals surface area contributed by atoms with Crippen LogP contribution >= 0.6 is 0 Å². The zero-order valence-corrected chi connectivity index (χ0v) is 9.41. The molecule has 0 spiro atoms. The zero-order valence-electron chi connectivity index (χ0n) is 9.41. The van der Waals surface area contributed by atoms with E-state index in [-0.39, 0.29) is 5.54 Å². The highest BCUT2D eigenvalue weighted by Gasteiger charge is 2.09. The molecule has 0 aliphatic carbocycles. The molecule has 1 aromatic rings. The first-order valence-electron chi connectivity index (χ1n) is 4.80. The van der Waals surface area contributed by atoms with Gasteiger partial charge in [-0.3, -0.25) is 4.99 Å². The second kappa shape index (κ2) is 3.81. The molecular weight excluding hydrogens is 188 g/mol. The molecule has 0 aliphatic rings. The molecular formula is C11H18N4. The average molecular weight is 206 g/mol. The summed E-state index contributed by atoms with van der Waals surface area (Å²) in [5, 5.41) is 0. The number of aliphatic imine (C=N–C) groups is 1. The molecule has 0 fully saturated rings. The Morgan fingerprint density at radius 3 is 2.20 bits per heavy atom. The fourth-order valence-electron chi connectivity index (χ4n) is 1.16. The summed E-state index contributed by atoms with van der Waals surface area (Å²) in [6.45, 7) is 5.96. The average Bonchev–Trinajstić information content (AvgIpc) is 2.06. The van der Waals surface area contributed by atoms with Crippen molar-refractivity contribution in [3.05, 3.63) is 23.8 Å². The van der Waals surface area contributed by atoms with Crippen LogP contribution in [-0.2, 0) is 0 Å². The molecule has 0 radical (unpaired) electrons. The molecule has 1 rings (SSSR count). The van der Waals surface area contributed by atoms with Crippen molar-refractivity contribution in [2.24, 2.45) is 10.7 Å². The van der Waals surface area contributed by atoms with Gasteiger partial charge in [0.05, 0.1) is 16.9 Å². The highest BCUT2D eigenvalue weighted by atomic mass is 14.9. The quantitative estimate of drug-likeness (QED) is 0.368. The summed E-state index contributed by atoms with van der Waals surface area (Å²) in [7, 11) is 0. The SMILES string of the molecule is CC(C)(C)N=C(N)c1ccc(N)c(N)c1. The summed E-state index contributed by atoms with van der Waals surface area (Å²) >= 11 is 0. The standard InChI is InChI=1S/C11H18N4/c1-11(2,3)15-10(14)7-4-5-8(12)9(13)6-7/h4-6H,12-13H2,1-3H3,(H2,14,15). The van der Waals surface area contributed by atoms with Crippen LogP contribution < -0.4 is 17.2 Å². The molecule has 0 saturated carbocycles. The van der Waals surface area contributed by atoms with Gasteiger partial charge in [0.1, 0.15) is 5.84 Å². The first-order valence-corrected chi connectivity index (χ1v) is 4.80. The van der Waals surface area contributed by atoms with E-state index < -0.39 is 0 Å². The van der Waals surface area contributed by atoms with Crippen molar-refractivity contribution >= 4 is 17.2 Å². The van der Waals surface area contributed by atoms with Crippen LogP contribution in [0.3, 0.4) is 0 Å². The van der Waals surface area contributed by atoms with Crippen molar-refractivity contribution in [3.63, 3.8) is 0 Å². The molecule has 15 heavy (non-hydrogen) atoms. The molecule has 0 aliphatic heterocycles. The van der Waals surface area contributed by atoms with Crippen molar-refractivity contribution in [2.45, 2.75) is 26.3 Å². The molecule has 6 N–H and O–H groups in total. The highest BCUT2D eigenvalue weighted by molar-refractivity contribution is 5.99. The Bertz CT molecular complexity index is 388. The first kappa shape index (κ1) is 11.4. The van der Waals surface area contributed by atoms with E-state index in [2.05, 4.69) is 4.99 Å². The van der Waals surface area contributed by atoms with E-state index in [9.17, 15) is 0 Å². The lowest BCUT2D eigenvalue weighted by Gasteiger charge is -2.14. The number of anilines is 2. The van der Waals surface area contributed by atoms with Gasteiger partial charge in [-0.1, -0.05) is 0 Å². The van der Waals surface area contributed by atoms with Crippen molar-refractivity contribution in [1.29, 1.82) is 0 Å². The molecule has 4 nitrogen and oxygen atoms in total. The van der Waals surface area contributed by atoms with Crippen molar-refractivity contribution in [3.8, 4) is 0 Å². The van der Waals surface area contributed by atoms with Crippen molar-refractivity contribution in [1.82, 2.24) is 0 Å². The van der Waals surface area contributed by atoms with E-state index in [0.717, 1.165) is 5.56 Å². The van der Waals surface area contributed by atoms with Crippen LogP contribution in [0, 0.1) is 0 Å². The number of hydrogen-bond acceptors (Lipinski definition) is 3. The third kappa shape index (κ3) is 3.16. The van der Waals surface area contributed by atoms with Gasteiger partial charge in [0, 0.05) is 5.56 Å². The van der Waals surface area contributed by atoms with Gasteiger partial charge in [-0.15, -0.1) is 0 Å². The number of amidine groups is 1. The van der Waals surface area contributed by atoms with Gasteiger partial charge >= 0.3 is 0 Å². The van der Waals surface area contributed by atoms with E-state index in [0.29, 0.717) is 17.2 Å². The Morgan fingerprint density at radius 2 is 1.73 bits per heavy atom. The van der Waals surface area contributed by atoms with Crippen LogP contribution in [0.15, 0.2) is 23.2 Å². The molecule has 0 saturated heterocycles. The van der Waals surface area contributed by atoms with E-state index in [1.54, 1.807) is 12.1 Å². The van der Waals surface area contributed by atoms with E-state index >= 15 is 0 Å². The molecule has 0 bridgehead atoms. The Labute approximate surface area is 90.2 Å². The van der Waals surface area contributed by atoms with Gasteiger partial charge in [0.2, 0.25) is 0 Å². The molecule has 0 aromatic heterocycles. The molecule has 0 atom stereocenters. The number of nitrogen functional groups attached to an aromatic ring is 2. The smallest absolute Gasteiger partial charge is 0.126 e. The minimum absolute atomic E-state index is 0.194. The summed E-state index contributed by atoms with van der Waals surface area (Å²) < 4.78 is 0. The predicted octanol–water partition coefficient (Wildman–Crippen LogP) is 1.35. The zero-order chi connectivity index (χ0) is 11.6. The highest BCUT2D eigenvalue weighted by Crippen LogP contribution is 2.17. The number of nitrogens with two attached hydrogens (primary N) is 3. The van der Waals surface area contributed by atoms with Gasteiger partial charge < -0.3 is 17.2 Å². The number of hydrogen-bond donors (Lipinski definition) is 3. The Hall–Kier alpha value is -1.71. The number of rotatable bonds is 1. The van der Waals surface area contributed by atoms with Crippen LogP contribution in [0.2, 0.25) is 0 Å². The molecule has 1 aromatic carbocycles. The molecule has 0 unspecified atom stereocenters. The predicted molar refractivity (Wildman–Crippen MR) is 65.7 cm³/mol. The van der Waals surface area contributed by atoms with Gasteiger partial charge in [0.15, 0.2) is 0 Å². The Morgan fingerprint density at radius 1 is 1.13 bits per heavy atom. The lowest BCUT2D eigenvalue weighted by Crippen LogP contribution is -2.21. The maximum absolute atomic E-state index is 5.85. The summed E-state index contributed by atoms with van der Waals surface area (Å²) in [4.78, 5) is 4.35. The van der Waals surface area contributed by atoms with Crippen LogP contribution in [0.5, 0.6) is 0 Å². The molecule has 82 valence electrons. The maximum Gasteiger partial charge on any atom is 0.126 e. The maximum atomic E-state index is 5.85. The van der Waals surface area contributed by atoms with Crippen LogP contribution in [0.25, 0.3) is 0 Å². The fraction of sp³-hybridized carbons (Fsp3) is 0.364. The second-order valence-electron chi connectivity index (χ2n) is 4.51. The summed E-state index contributed by atoms with van der Waals surface area (Å²) in [5.41, 5.74) is 18.8. The minimum atomic E-state index is -0.194. The fourth-order valence-corrected chi connectivity index (χ4v) is 1.16. The monoisotopic (exact) mass is 206 g/mol. The van der Waals surface area contributed by atoms with E-state index in [4.69, 9.17) is 17.2 Å². The van der Waals surface area contributed by atoms with Crippen LogP contribution in [0.4, 0.5) is 11.4 Å². The second-order valence-corrected chi connectivity index (χ2v) is 4.51. The molecule has 0 heterocycles. The van der Waals surface area contributed by atoms with Gasteiger partial charge in [-0.05, 0) is 39.0 Å². The van der Waals surface area contributed by atoms with Gasteiger partial charge in [-0.2, -0.15) is 0 Å². The number of benzene rings is 1. The lowest BCUT2D eigenvalue weighted by molar-refractivity contribution is 0.583. The first-order chi connectivity index (χ1) is 6.79. The van der Waals surface area contributed by atoms with E-state index in [1.807, 2.05) is 26.8 Å². The third-order valence-corrected chi connectivity index (χ3v) is 1.84. The van der Waals surface area contributed by atoms with E-state index in [1.165, 1.54) is 0 Å².